The van der Waals surface area contributed by atoms with Gasteiger partial charge in [-0.2, -0.15) is 4.39 Å². The first-order valence-corrected chi connectivity index (χ1v) is 5.55. The summed E-state index contributed by atoms with van der Waals surface area (Å²) in [6.07, 6.45) is 4.72. The van der Waals surface area contributed by atoms with Gasteiger partial charge in [-0.25, -0.2) is 4.98 Å². The van der Waals surface area contributed by atoms with Crippen molar-refractivity contribution in [1.29, 1.82) is 0 Å². The molecule has 4 heteroatoms. The maximum absolute atomic E-state index is 12.5. The van der Waals surface area contributed by atoms with Crippen molar-refractivity contribution in [3.05, 3.63) is 29.8 Å². The number of hydrogen-bond donors (Lipinski definition) is 1. The van der Waals surface area contributed by atoms with Gasteiger partial charge in [0, 0.05) is 12.7 Å². The van der Waals surface area contributed by atoms with E-state index in [1.165, 1.54) is 31.2 Å². The van der Waals surface area contributed by atoms with Crippen LogP contribution < -0.4 is 5.32 Å². The van der Waals surface area contributed by atoms with E-state index in [0.717, 1.165) is 6.42 Å². The van der Waals surface area contributed by atoms with E-state index >= 15 is 0 Å². The molecule has 0 unspecified atom stereocenters. The van der Waals surface area contributed by atoms with E-state index in [9.17, 15) is 9.18 Å². The summed E-state index contributed by atoms with van der Waals surface area (Å²) >= 11 is 0. The molecule has 1 aliphatic carbocycles. The van der Waals surface area contributed by atoms with Crippen LogP contribution in [0.5, 0.6) is 0 Å². The molecule has 0 atom stereocenters. The lowest BCUT2D eigenvalue weighted by Crippen LogP contribution is -2.30. The number of halogens is 1. The third-order valence-corrected chi connectivity index (χ3v) is 3.32. The van der Waals surface area contributed by atoms with E-state index < -0.39 is 5.95 Å². The van der Waals surface area contributed by atoms with Crippen LogP contribution in [0.15, 0.2) is 18.3 Å². The van der Waals surface area contributed by atoms with Gasteiger partial charge in [0.2, 0.25) is 5.95 Å². The van der Waals surface area contributed by atoms with E-state index in [0.29, 0.717) is 17.5 Å². The van der Waals surface area contributed by atoms with Gasteiger partial charge in [0.05, 0.1) is 5.56 Å². The lowest BCUT2D eigenvalue weighted by molar-refractivity contribution is 0.0944. The van der Waals surface area contributed by atoms with Crippen molar-refractivity contribution in [3.63, 3.8) is 0 Å². The smallest absolute Gasteiger partial charge is 0.252 e. The van der Waals surface area contributed by atoms with Crippen LogP contribution >= 0.6 is 0 Å². The van der Waals surface area contributed by atoms with E-state index in [4.69, 9.17) is 0 Å². The van der Waals surface area contributed by atoms with Gasteiger partial charge < -0.3 is 5.32 Å². The zero-order chi connectivity index (χ0) is 11.6. The molecule has 1 N–H and O–H groups in total. The van der Waals surface area contributed by atoms with Crippen molar-refractivity contribution in [2.75, 3.05) is 6.54 Å². The highest BCUT2D eigenvalue weighted by atomic mass is 19.1. The largest absolute Gasteiger partial charge is 0.351 e. The number of rotatable bonds is 4. The van der Waals surface area contributed by atoms with Gasteiger partial charge in [0.1, 0.15) is 0 Å². The molecule has 1 heterocycles. The van der Waals surface area contributed by atoms with Crippen molar-refractivity contribution >= 4 is 5.91 Å². The molecule has 16 heavy (non-hydrogen) atoms. The molecule has 1 fully saturated rings. The van der Waals surface area contributed by atoms with E-state index in [1.807, 2.05) is 0 Å². The second-order valence-corrected chi connectivity index (χ2v) is 4.41. The standard InChI is InChI=1S/C12H15FN2O/c1-2-12(5-6-12)8-15-11(16)9-3-4-10(13)14-7-9/h3-4,7H,2,5-6,8H2,1H3,(H,15,16). The Bertz CT molecular complexity index is 385. The number of hydrogen-bond acceptors (Lipinski definition) is 2. The van der Waals surface area contributed by atoms with Crippen LogP contribution in [0, 0.1) is 11.4 Å². The summed E-state index contributed by atoms with van der Waals surface area (Å²) in [5.41, 5.74) is 0.733. The molecule has 0 saturated heterocycles. The molecule has 3 nitrogen and oxygen atoms in total. The van der Waals surface area contributed by atoms with Gasteiger partial charge in [-0.05, 0) is 36.8 Å². The van der Waals surface area contributed by atoms with Gasteiger partial charge >= 0.3 is 0 Å². The number of nitrogens with one attached hydrogen (secondary N) is 1. The summed E-state index contributed by atoms with van der Waals surface area (Å²) in [5, 5.41) is 2.87. The number of aromatic nitrogens is 1. The molecule has 86 valence electrons. The molecule has 1 aromatic heterocycles. The minimum Gasteiger partial charge on any atom is -0.351 e. The van der Waals surface area contributed by atoms with Crippen LogP contribution in [0.1, 0.15) is 36.5 Å². The van der Waals surface area contributed by atoms with Gasteiger partial charge in [-0.15, -0.1) is 0 Å². The summed E-state index contributed by atoms with van der Waals surface area (Å²) in [6.45, 7) is 2.85. The van der Waals surface area contributed by atoms with Crippen molar-refractivity contribution in [2.45, 2.75) is 26.2 Å². The molecular weight excluding hydrogens is 207 g/mol. The Morgan fingerprint density at radius 1 is 1.56 bits per heavy atom. The second-order valence-electron chi connectivity index (χ2n) is 4.41. The van der Waals surface area contributed by atoms with Gasteiger partial charge in [-0.3, -0.25) is 4.79 Å². The predicted octanol–water partition coefficient (Wildman–Crippen LogP) is 2.14. The molecule has 1 saturated carbocycles. The lowest BCUT2D eigenvalue weighted by atomic mass is 10.0. The number of amides is 1. The lowest BCUT2D eigenvalue weighted by Gasteiger charge is -2.13. The van der Waals surface area contributed by atoms with E-state index in [-0.39, 0.29) is 5.91 Å². The zero-order valence-electron chi connectivity index (χ0n) is 9.29. The Hall–Kier alpha value is -1.45. The number of carbonyl (C=O) groups excluding carboxylic acids is 1. The zero-order valence-corrected chi connectivity index (χ0v) is 9.29. The average molecular weight is 222 g/mol. The van der Waals surface area contributed by atoms with Crippen molar-refractivity contribution in [1.82, 2.24) is 10.3 Å². The first-order valence-electron chi connectivity index (χ1n) is 5.55. The van der Waals surface area contributed by atoms with Crippen LogP contribution in [0.4, 0.5) is 4.39 Å². The monoisotopic (exact) mass is 222 g/mol. The summed E-state index contributed by atoms with van der Waals surface area (Å²) < 4.78 is 12.5. The highest BCUT2D eigenvalue weighted by Crippen LogP contribution is 2.47. The van der Waals surface area contributed by atoms with Gasteiger partial charge in [-0.1, -0.05) is 6.92 Å². The van der Waals surface area contributed by atoms with E-state index in [1.54, 1.807) is 0 Å². The Labute approximate surface area is 94.1 Å². The maximum Gasteiger partial charge on any atom is 0.252 e. The Kier molecular flexibility index (Phi) is 2.90. The number of pyridine rings is 1. The van der Waals surface area contributed by atoms with Gasteiger partial charge in [0.15, 0.2) is 0 Å². The quantitative estimate of drug-likeness (QED) is 0.793. The summed E-state index contributed by atoms with van der Waals surface area (Å²) in [6, 6.07) is 2.64. The fourth-order valence-corrected chi connectivity index (χ4v) is 1.71. The Morgan fingerprint density at radius 3 is 2.81 bits per heavy atom. The Morgan fingerprint density at radius 2 is 2.31 bits per heavy atom. The molecular formula is C12H15FN2O. The first kappa shape index (κ1) is 11.0. The number of carbonyl (C=O) groups is 1. The van der Waals surface area contributed by atoms with Crippen molar-refractivity contribution in [2.24, 2.45) is 5.41 Å². The fraction of sp³-hybridized carbons (Fsp3) is 0.500. The summed E-state index contributed by atoms with van der Waals surface area (Å²) in [4.78, 5) is 15.1. The minimum atomic E-state index is -0.566. The average Bonchev–Trinajstić information content (AvgIpc) is 3.08. The van der Waals surface area contributed by atoms with Crippen LogP contribution in [0.2, 0.25) is 0 Å². The first-order chi connectivity index (χ1) is 7.65. The third kappa shape index (κ3) is 2.38. The topological polar surface area (TPSA) is 42.0 Å². The minimum absolute atomic E-state index is 0.174. The van der Waals surface area contributed by atoms with Crippen LogP contribution in [0.25, 0.3) is 0 Å². The normalized spacial score (nSPS) is 16.9. The summed E-state index contributed by atoms with van der Waals surface area (Å²) in [5.74, 6) is -0.740. The molecule has 1 amide bonds. The molecule has 0 aromatic carbocycles. The van der Waals surface area contributed by atoms with E-state index in [2.05, 4.69) is 17.2 Å². The van der Waals surface area contributed by atoms with Crippen molar-refractivity contribution < 1.29 is 9.18 Å². The SMILES string of the molecule is CCC1(CNC(=O)c2ccc(F)nc2)CC1. The molecule has 2 rings (SSSR count). The third-order valence-electron chi connectivity index (χ3n) is 3.32. The van der Waals surface area contributed by atoms with Crippen LogP contribution in [-0.4, -0.2) is 17.4 Å². The Balaban J connectivity index is 1.91. The molecule has 0 aliphatic heterocycles. The number of nitrogens with zero attached hydrogens (tertiary/aromatic N) is 1. The highest BCUT2D eigenvalue weighted by Gasteiger charge is 2.40. The predicted molar refractivity (Wildman–Crippen MR) is 58.5 cm³/mol. The molecule has 0 bridgehead atoms. The second kappa shape index (κ2) is 4.20. The van der Waals surface area contributed by atoms with Crippen LogP contribution in [0.3, 0.4) is 0 Å². The molecule has 0 radical (unpaired) electrons. The van der Waals surface area contributed by atoms with Crippen LogP contribution in [-0.2, 0) is 0 Å². The molecule has 1 aliphatic rings. The summed E-state index contributed by atoms with van der Waals surface area (Å²) in [7, 11) is 0. The highest BCUT2D eigenvalue weighted by molar-refractivity contribution is 5.93. The maximum atomic E-state index is 12.5. The van der Waals surface area contributed by atoms with Gasteiger partial charge in [0.25, 0.3) is 5.91 Å². The van der Waals surface area contributed by atoms with Crippen molar-refractivity contribution in [3.8, 4) is 0 Å². The fourth-order valence-electron chi connectivity index (χ4n) is 1.71. The molecule has 0 spiro atoms. The molecule has 1 aromatic rings.